The lowest BCUT2D eigenvalue weighted by molar-refractivity contribution is -0.383. The van der Waals surface area contributed by atoms with Gasteiger partial charge in [-0.1, -0.05) is 0 Å². The molecule has 1 rings (SSSR count). The van der Waals surface area contributed by atoms with Crippen molar-refractivity contribution < 1.29 is 4.92 Å². The van der Waals surface area contributed by atoms with Crippen molar-refractivity contribution in [3.05, 3.63) is 28.3 Å². The van der Waals surface area contributed by atoms with Gasteiger partial charge in [-0.25, -0.2) is 0 Å². The van der Waals surface area contributed by atoms with Crippen LogP contribution in [0.3, 0.4) is 0 Å². The molecule has 1 aromatic carbocycles. The van der Waals surface area contributed by atoms with Crippen LogP contribution < -0.4 is 11.1 Å². The second kappa shape index (κ2) is 6.22. The lowest BCUT2D eigenvalue weighted by Gasteiger charge is -2.06. The average molecular weight is 241 g/mol. The third kappa shape index (κ3) is 3.62. The van der Waals surface area contributed by atoms with E-state index in [2.05, 4.69) is 11.6 Å². The number of nitrogens with two attached hydrogens (primary N) is 1. The van der Waals surface area contributed by atoms with Gasteiger partial charge in [0.15, 0.2) is 0 Å². The normalized spacial score (nSPS) is 10.1. The smallest absolute Gasteiger partial charge is 0.292 e. The van der Waals surface area contributed by atoms with Crippen LogP contribution in [-0.2, 0) is 0 Å². The van der Waals surface area contributed by atoms with Crippen LogP contribution in [0.15, 0.2) is 18.2 Å². The van der Waals surface area contributed by atoms with Crippen molar-refractivity contribution in [3.63, 3.8) is 0 Å². The van der Waals surface area contributed by atoms with Gasteiger partial charge in [-0.3, -0.25) is 10.1 Å². The quantitative estimate of drug-likeness (QED) is 0.346. The number of rotatable bonds is 6. The fraction of sp³-hybridized carbons (Fsp3) is 0.400. The number of anilines is 2. The number of hydrogen-bond donors (Lipinski definition) is 2. The maximum atomic E-state index is 10.5. The molecule has 0 spiro atoms. The standard InChI is InChI=1S/C10H15N3O2S/c1-16-6-2-5-12-8-3-4-10(13(14)15)9(11)7-8/h3-4,7,12H,2,5-6,11H2,1H3. The Morgan fingerprint density at radius 1 is 1.56 bits per heavy atom. The molecule has 0 fully saturated rings. The topological polar surface area (TPSA) is 81.2 Å². The predicted octanol–water partition coefficient (Wildman–Crippen LogP) is 2.34. The Hall–Kier alpha value is -1.43. The Balaban J connectivity index is 2.56. The summed E-state index contributed by atoms with van der Waals surface area (Å²) in [6.07, 6.45) is 3.11. The molecule has 0 aliphatic rings. The molecular weight excluding hydrogens is 226 g/mol. The summed E-state index contributed by atoms with van der Waals surface area (Å²) >= 11 is 1.79. The number of nitro benzene ring substituents is 1. The zero-order chi connectivity index (χ0) is 12.0. The summed E-state index contributed by atoms with van der Waals surface area (Å²) in [5.41, 5.74) is 6.54. The molecule has 0 unspecified atom stereocenters. The molecule has 0 saturated heterocycles. The molecule has 3 N–H and O–H groups in total. The predicted molar refractivity (Wildman–Crippen MR) is 69.0 cm³/mol. The van der Waals surface area contributed by atoms with Crippen molar-refractivity contribution >= 4 is 28.8 Å². The number of nitrogens with one attached hydrogen (secondary N) is 1. The lowest BCUT2D eigenvalue weighted by atomic mass is 10.2. The Morgan fingerprint density at radius 2 is 2.31 bits per heavy atom. The first-order valence-corrected chi connectivity index (χ1v) is 6.31. The molecular formula is C10H15N3O2S. The Morgan fingerprint density at radius 3 is 2.88 bits per heavy atom. The second-order valence-electron chi connectivity index (χ2n) is 3.30. The van der Waals surface area contributed by atoms with Gasteiger partial charge in [0.2, 0.25) is 0 Å². The summed E-state index contributed by atoms with van der Waals surface area (Å²) in [6, 6.07) is 4.69. The van der Waals surface area contributed by atoms with Crippen LogP contribution in [0.4, 0.5) is 17.1 Å². The molecule has 16 heavy (non-hydrogen) atoms. The summed E-state index contributed by atoms with van der Waals surface area (Å²) in [6.45, 7) is 0.845. The van der Waals surface area contributed by atoms with Crippen molar-refractivity contribution in [1.82, 2.24) is 0 Å². The van der Waals surface area contributed by atoms with Gasteiger partial charge in [-0.15, -0.1) is 0 Å². The minimum atomic E-state index is -0.479. The van der Waals surface area contributed by atoms with E-state index in [0.717, 1.165) is 24.4 Å². The average Bonchev–Trinajstić information content (AvgIpc) is 2.24. The van der Waals surface area contributed by atoms with E-state index in [1.165, 1.54) is 6.07 Å². The molecule has 0 aliphatic carbocycles. The van der Waals surface area contributed by atoms with E-state index >= 15 is 0 Å². The first kappa shape index (κ1) is 12.6. The lowest BCUT2D eigenvalue weighted by Crippen LogP contribution is -2.03. The van der Waals surface area contributed by atoms with Crippen LogP contribution in [0.2, 0.25) is 0 Å². The molecule has 6 heteroatoms. The van der Waals surface area contributed by atoms with Crippen molar-refractivity contribution in [3.8, 4) is 0 Å². The number of nitro groups is 1. The van der Waals surface area contributed by atoms with Crippen LogP contribution in [0.5, 0.6) is 0 Å². The van der Waals surface area contributed by atoms with Gasteiger partial charge < -0.3 is 11.1 Å². The van der Waals surface area contributed by atoms with E-state index in [1.807, 2.05) is 0 Å². The molecule has 5 nitrogen and oxygen atoms in total. The highest BCUT2D eigenvalue weighted by atomic mass is 32.2. The zero-order valence-electron chi connectivity index (χ0n) is 9.10. The molecule has 0 amide bonds. The number of nitrogen functional groups attached to an aromatic ring is 1. The van der Waals surface area contributed by atoms with Crippen LogP contribution in [0.1, 0.15) is 6.42 Å². The van der Waals surface area contributed by atoms with Gasteiger partial charge in [0.05, 0.1) is 4.92 Å². The van der Waals surface area contributed by atoms with Gasteiger partial charge in [0.1, 0.15) is 5.69 Å². The molecule has 1 aromatic rings. The highest BCUT2D eigenvalue weighted by Crippen LogP contribution is 2.24. The van der Waals surface area contributed by atoms with E-state index in [9.17, 15) is 10.1 Å². The molecule has 0 bridgehead atoms. The van der Waals surface area contributed by atoms with Gasteiger partial charge in [0.25, 0.3) is 5.69 Å². The summed E-state index contributed by atoms with van der Waals surface area (Å²) in [4.78, 5) is 10.1. The SMILES string of the molecule is CSCCCNc1ccc([N+](=O)[O-])c(N)c1. The fourth-order valence-electron chi connectivity index (χ4n) is 1.28. The fourth-order valence-corrected chi connectivity index (χ4v) is 1.71. The maximum Gasteiger partial charge on any atom is 0.292 e. The summed E-state index contributed by atoms with van der Waals surface area (Å²) in [5, 5.41) is 13.7. The molecule has 0 atom stereocenters. The van der Waals surface area contributed by atoms with Gasteiger partial charge in [-0.2, -0.15) is 11.8 Å². The number of hydrogen-bond acceptors (Lipinski definition) is 5. The van der Waals surface area contributed by atoms with Crippen molar-refractivity contribution in [1.29, 1.82) is 0 Å². The second-order valence-corrected chi connectivity index (χ2v) is 4.29. The highest BCUT2D eigenvalue weighted by Gasteiger charge is 2.10. The maximum absolute atomic E-state index is 10.5. The molecule has 88 valence electrons. The minimum absolute atomic E-state index is 0.0466. The number of nitrogens with zero attached hydrogens (tertiary/aromatic N) is 1. The van der Waals surface area contributed by atoms with Crippen LogP contribution in [0, 0.1) is 10.1 Å². The molecule has 0 heterocycles. The third-order valence-electron chi connectivity index (χ3n) is 2.08. The van der Waals surface area contributed by atoms with E-state index < -0.39 is 4.92 Å². The van der Waals surface area contributed by atoms with Crippen LogP contribution >= 0.6 is 11.8 Å². The van der Waals surface area contributed by atoms with E-state index in [1.54, 1.807) is 23.9 Å². The largest absolute Gasteiger partial charge is 0.393 e. The number of thioether (sulfide) groups is 1. The third-order valence-corrected chi connectivity index (χ3v) is 2.78. The van der Waals surface area contributed by atoms with Gasteiger partial charge in [0, 0.05) is 18.3 Å². The summed E-state index contributed by atoms with van der Waals surface area (Å²) < 4.78 is 0. The van der Waals surface area contributed by atoms with Crippen molar-refractivity contribution in [2.24, 2.45) is 0 Å². The molecule has 0 aromatic heterocycles. The van der Waals surface area contributed by atoms with E-state index in [-0.39, 0.29) is 11.4 Å². The zero-order valence-corrected chi connectivity index (χ0v) is 9.92. The van der Waals surface area contributed by atoms with E-state index in [0.29, 0.717) is 0 Å². The number of benzene rings is 1. The molecule has 0 aliphatic heterocycles. The van der Waals surface area contributed by atoms with Crippen molar-refractivity contribution in [2.45, 2.75) is 6.42 Å². The first-order valence-electron chi connectivity index (χ1n) is 4.92. The molecule has 0 radical (unpaired) electrons. The summed E-state index contributed by atoms with van der Waals surface area (Å²) in [5.74, 6) is 1.09. The molecule has 0 saturated carbocycles. The van der Waals surface area contributed by atoms with E-state index in [4.69, 9.17) is 5.73 Å². The van der Waals surface area contributed by atoms with Crippen LogP contribution in [0.25, 0.3) is 0 Å². The Bertz CT molecular complexity index is 371. The Labute approximate surface area is 98.6 Å². The monoisotopic (exact) mass is 241 g/mol. The Kier molecular flexibility index (Phi) is 4.91. The van der Waals surface area contributed by atoms with Crippen molar-refractivity contribution in [2.75, 3.05) is 29.6 Å². The van der Waals surface area contributed by atoms with Gasteiger partial charge in [-0.05, 0) is 30.6 Å². The minimum Gasteiger partial charge on any atom is -0.393 e. The first-order chi connectivity index (χ1) is 7.65. The van der Waals surface area contributed by atoms with Gasteiger partial charge >= 0.3 is 0 Å². The highest BCUT2D eigenvalue weighted by molar-refractivity contribution is 7.98. The van der Waals surface area contributed by atoms with Crippen LogP contribution in [-0.4, -0.2) is 23.5 Å². The summed E-state index contributed by atoms with van der Waals surface area (Å²) in [7, 11) is 0.